The van der Waals surface area contributed by atoms with E-state index in [1.165, 1.54) is 12.5 Å². The molecule has 3 saturated carbocycles. The van der Waals surface area contributed by atoms with Crippen LogP contribution in [0.1, 0.15) is 107 Å². The van der Waals surface area contributed by atoms with E-state index in [9.17, 15) is 14.9 Å². The second-order valence-electron chi connectivity index (χ2n) is 15.9. The molecule has 0 aromatic heterocycles. The molecule has 0 amide bonds. The molecule has 0 bridgehead atoms. The first kappa shape index (κ1) is 29.2. The number of rotatable bonds is 2. The number of methoxy groups -OCH3 is 1. The predicted octanol–water partition coefficient (Wildman–Crippen LogP) is 8.08. The Labute approximate surface area is 241 Å². The van der Waals surface area contributed by atoms with E-state index in [2.05, 4.69) is 60.6 Å². The minimum Gasteiger partial charge on any atom is -0.469 e. The summed E-state index contributed by atoms with van der Waals surface area (Å²) in [7, 11) is 1.55. The summed E-state index contributed by atoms with van der Waals surface area (Å²) < 4.78 is 11.3. The van der Waals surface area contributed by atoms with Crippen LogP contribution in [-0.2, 0) is 19.1 Å². The molecule has 40 heavy (non-hydrogen) atoms. The van der Waals surface area contributed by atoms with Gasteiger partial charge < -0.3 is 9.47 Å². The topological polar surface area (TPSA) is 76.4 Å². The van der Waals surface area contributed by atoms with E-state index in [4.69, 9.17) is 16.1 Å². The molecule has 0 aliphatic heterocycles. The van der Waals surface area contributed by atoms with Gasteiger partial charge in [-0.3, -0.25) is 9.59 Å². The van der Waals surface area contributed by atoms with Crippen molar-refractivity contribution in [2.24, 2.45) is 50.2 Å². The zero-order valence-electron chi connectivity index (χ0n) is 26.3. The first-order chi connectivity index (χ1) is 18.4. The number of fused-ring (bicyclic) bond motifs is 7. The molecule has 3 fully saturated rings. The van der Waals surface area contributed by atoms with Crippen LogP contribution in [0.4, 0.5) is 0 Å². The summed E-state index contributed by atoms with van der Waals surface area (Å²) in [5, 5.41) is 10.3. The van der Waals surface area contributed by atoms with Crippen LogP contribution in [0, 0.1) is 61.6 Å². The van der Waals surface area contributed by atoms with E-state index >= 15 is 0 Å². The van der Waals surface area contributed by atoms with Crippen LogP contribution in [0.15, 0.2) is 35.1 Å². The first-order valence-electron chi connectivity index (χ1n) is 15.3. The fourth-order valence-electron chi connectivity index (χ4n) is 11.0. The third-order valence-electron chi connectivity index (χ3n) is 13.1. The molecular formula is C35H49NO4. The summed E-state index contributed by atoms with van der Waals surface area (Å²) in [6.07, 6.45) is 9.71. The van der Waals surface area contributed by atoms with Crippen LogP contribution in [0.5, 0.6) is 0 Å². The third-order valence-corrected chi connectivity index (χ3v) is 13.1. The molecule has 5 aliphatic rings. The Kier molecular flexibility index (Phi) is 6.43. The maximum Gasteiger partial charge on any atom is 0.312 e. The van der Waals surface area contributed by atoms with Gasteiger partial charge >= 0.3 is 11.9 Å². The SMILES string of the molecule is C=C1C=C2[C@@]3(C)CC(C#N)=C(OC(C)=O)C(C)(C)[C@@H]3CC[C@@]2(C)[C@]2(C)CC[C@@]3(C(=O)OC)CCC(C)(C)CC3C12. The summed E-state index contributed by atoms with van der Waals surface area (Å²) >= 11 is 0. The average molecular weight is 548 g/mol. The van der Waals surface area contributed by atoms with Crippen molar-refractivity contribution >= 4 is 11.9 Å². The van der Waals surface area contributed by atoms with Crippen LogP contribution in [0.3, 0.4) is 0 Å². The maximum absolute atomic E-state index is 13.5. The smallest absolute Gasteiger partial charge is 0.312 e. The van der Waals surface area contributed by atoms with Gasteiger partial charge in [0.2, 0.25) is 0 Å². The highest BCUT2D eigenvalue weighted by atomic mass is 16.5. The molecule has 5 aliphatic carbocycles. The third kappa shape index (κ3) is 3.63. The van der Waals surface area contributed by atoms with Gasteiger partial charge in [0.15, 0.2) is 0 Å². The average Bonchev–Trinajstić information content (AvgIpc) is 2.86. The van der Waals surface area contributed by atoms with Gasteiger partial charge in [0.1, 0.15) is 5.76 Å². The van der Waals surface area contributed by atoms with E-state index in [0.29, 0.717) is 17.8 Å². The number of esters is 2. The van der Waals surface area contributed by atoms with E-state index in [0.717, 1.165) is 50.5 Å². The van der Waals surface area contributed by atoms with E-state index in [1.54, 1.807) is 7.11 Å². The standard InChI is InChI=1S/C35H49NO4/c1-21-17-26-32(7)18-23(20-36)28(40-22(2)37)31(5,6)25(32)11-12-33(26,8)34(9)14-16-35(29(38)39-10)15-13-30(3,4)19-24(35)27(21)34/h17,24-25,27H,1,11-16,18-19H2,2-10H3/t24?,25-,27?,32-,33+,34+,35-/m0/s1. The summed E-state index contributed by atoms with van der Waals surface area (Å²) in [5.41, 5.74) is 1.99. The Hall–Kier alpha value is -2.35. The van der Waals surface area contributed by atoms with Gasteiger partial charge in [-0.1, -0.05) is 72.3 Å². The number of nitrogens with zero attached hydrogens (tertiary/aromatic N) is 1. The normalized spacial score (nSPS) is 43.1. The lowest BCUT2D eigenvalue weighted by Crippen LogP contribution is -2.64. The summed E-state index contributed by atoms with van der Waals surface area (Å²) in [6.45, 7) is 22.4. The number of ether oxygens (including phenoxy) is 2. The number of hydrogen-bond acceptors (Lipinski definition) is 5. The minimum atomic E-state index is -0.453. The zero-order valence-corrected chi connectivity index (χ0v) is 26.3. The molecule has 218 valence electrons. The van der Waals surface area contributed by atoms with Crippen molar-refractivity contribution in [2.45, 2.75) is 107 Å². The highest BCUT2D eigenvalue weighted by molar-refractivity contribution is 5.78. The van der Waals surface area contributed by atoms with E-state index in [-0.39, 0.29) is 51.4 Å². The highest BCUT2D eigenvalue weighted by Crippen LogP contribution is 2.76. The van der Waals surface area contributed by atoms with Crippen molar-refractivity contribution in [3.8, 4) is 6.07 Å². The van der Waals surface area contributed by atoms with Crippen molar-refractivity contribution in [1.29, 1.82) is 5.26 Å². The summed E-state index contributed by atoms with van der Waals surface area (Å²) in [5.74, 6) is 0.778. The molecule has 0 saturated heterocycles. The van der Waals surface area contributed by atoms with Crippen molar-refractivity contribution in [3.63, 3.8) is 0 Å². The fraction of sp³-hybridized carbons (Fsp3) is 0.743. The number of hydrogen-bond donors (Lipinski definition) is 0. The Morgan fingerprint density at radius 3 is 2.27 bits per heavy atom. The van der Waals surface area contributed by atoms with Crippen molar-refractivity contribution in [2.75, 3.05) is 7.11 Å². The molecule has 0 spiro atoms. The van der Waals surface area contributed by atoms with Gasteiger partial charge in [-0.25, -0.2) is 0 Å². The van der Waals surface area contributed by atoms with Crippen LogP contribution in [0.25, 0.3) is 0 Å². The molecule has 5 heteroatoms. The zero-order chi connectivity index (χ0) is 29.7. The van der Waals surface area contributed by atoms with E-state index < -0.39 is 10.8 Å². The monoisotopic (exact) mass is 547 g/mol. The van der Waals surface area contributed by atoms with Crippen LogP contribution in [0.2, 0.25) is 0 Å². The van der Waals surface area contributed by atoms with E-state index in [1.807, 2.05) is 0 Å². The maximum atomic E-state index is 13.5. The predicted molar refractivity (Wildman–Crippen MR) is 155 cm³/mol. The molecule has 7 atom stereocenters. The lowest BCUT2D eigenvalue weighted by Gasteiger charge is -2.70. The summed E-state index contributed by atoms with van der Waals surface area (Å²) in [4.78, 5) is 25.6. The second kappa shape index (κ2) is 8.83. The fourth-order valence-corrected chi connectivity index (χ4v) is 11.0. The Bertz CT molecular complexity index is 1280. The molecular weight excluding hydrogens is 498 g/mol. The number of carbonyl (C=O) groups is 2. The van der Waals surface area contributed by atoms with Gasteiger partial charge in [0, 0.05) is 12.3 Å². The molecule has 5 rings (SSSR count). The van der Waals surface area contributed by atoms with Crippen LogP contribution >= 0.6 is 0 Å². The van der Waals surface area contributed by atoms with Gasteiger partial charge in [-0.05, 0) is 90.8 Å². The minimum absolute atomic E-state index is 0.0331. The molecule has 2 unspecified atom stereocenters. The Morgan fingerprint density at radius 1 is 1.02 bits per heavy atom. The number of allylic oxidation sites excluding steroid dienone is 5. The molecule has 0 heterocycles. The quantitative estimate of drug-likeness (QED) is 0.327. The Morgan fingerprint density at radius 2 is 1.68 bits per heavy atom. The van der Waals surface area contributed by atoms with Crippen LogP contribution < -0.4 is 0 Å². The molecule has 0 radical (unpaired) electrons. The number of carbonyl (C=O) groups excluding carboxylic acids is 2. The highest BCUT2D eigenvalue weighted by Gasteiger charge is 2.70. The van der Waals surface area contributed by atoms with Gasteiger partial charge in [0.25, 0.3) is 0 Å². The number of nitriles is 1. The first-order valence-corrected chi connectivity index (χ1v) is 15.3. The largest absolute Gasteiger partial charge is 0.469 e. The molecule has 0 N–H and O–H groups in total. The summed E-state index contributed by atoms with van der Waals surface area (Å²) in [6, 6.07) is 2.43. The lowest BCUT2D eigenvalue weighted by molar-refractivity contribution is -0.185. The van der Waals surface area contributed by atoms with Gasteiger partial charge in [-0.15, -0.1) is 0 Å². The lowest BCUT2D eigenvalue weighted by atomic mass is 9.33. The van der Waals surface area contributed by atoms with Gasteiger partial charge in [0.05, 0.1) is 24.2 Å². The molecule has 0 aromatic rings. The van der Waals surface area contributed by atoms with Crippen LogP contribution in [-0.4, -0.2) is 19.0 Å². The van der Waals surface area contributed by atoms with Crippen molar-refractivity contribution < 1.29 is 19.1 Å². The second-order valence-corrected chi connectivity index (χ2v) is 15.9. The van der Waals surface area contributed by atoms with Crippen molar-refractivity contribution in [3.05, 3.63) is 35.1 Å². The Balaban J connectivity index is 1.67. The molecule has 5 nitrogen and oxygen atoms in total. The molecule has 0 aromatic carbocycles. The van der Waals surface area contributed by atoms with Crippen molar-refractivity contribution in [1.82, 2.24) is 0 Å². The van der Waals surface area contributed by atoms with Gasteiger partial charge in [-0.2, -0.15) is 5.26 Å².